The number of imidazole rings is 1. The molecule has 0 radical (unpaired) electrons. The highest BCUT2D eigenvalue weighted by Crippen LogP contribution is 2.41. The molecule has 0 aliphatic carbocycles. The Morgan fingerprint density at radius 2 is 1.92 bits per heavy atom. The molecule has 0 spiro atoms. The fourth-order valence-electron chi connectivity index (χ4n) is 2.57. The first-order valence-electron chi connectivity index (χ1n) is 7.71. The van der Waals surface area contributed by atoms with Crippen molar-refractivity contribution in [3.05, 3.63) is 30.5 Å². The Balaban J connectivity index is 2.10. The normalized spacial score (nSPS) is 12.1. The van der Waals surface area contributed by atoms with Crippen molar-refractivity contribution in [3.8, 4) is 11.4 Å². The lowest BCUT2D eigenvalue weighted by Gasteiger charge is -2.12. The number of halogens is 3. The van der Waals surface area contributed by atoms with E-state index in [0.717, 1.165) is 32.3 Å². The number of alkyl halides is 3. The SMILES string of the molecule is CCSc1cc(SC(F)(F)F)ccc1-c1nc2cc(SC)cnc2n1C. The van der Waals surface area contributed by atoms with Gasteiger partial charge in [-0.1, -0.05) is 6.92 Å². The third-order valence-corrected chi connectivity index (χ3v) is 6.00. The van der Waals surface area contributed by atoms with Crippen LogP contribution in [0.3, 0.4) is 0 Å². The summed E-state index contributed by atoms with van der Waals surface area (Å²) in [4.78, 5) is 11.1. The lowest BCUT2D eigenvalue weighted by molar-refractivity contribution is -0.0328. The van der Waals surface area contributed by atoms with Crippen LogP contribution in [0, 0.1) is 0 Å². The van der Waals surface area contributed by atoms with Crippen LogP contribution in [0.5, 0.6) is 0 Å². The minimum atomic E-state index is -4.30. The molecule has 0 amide bonds. The van der Waals surface area contributed by atoms with Gasteiger partial charge in [-0.2, -0.15) is 13.2 Å². The van der Waals surface area contributed by atoms with Gasteiger partial charge in [0.1, 0.15) is 11.3 Å². The number of hydrogen-bond acceptors (Lipinski definition) is 5. The highest BCUT2D eigenvalue weighted by Gasteiger charge is 2.29. The second-order valence-corrected chi connectivity index (χ2v) is 8.68. The number of hydrogen-bond donors (Lipinski definition) is 0. The highest BCUT2D eigenvalue weighted by molar-refractivity contribution is 8.00. The van der Waals surface area contributed by atoms with Gasteiger partial charge in [0.25, 0.3) is 0 Å². The van der Waals surface area contributed by atoms with Crippen molar-refractivity contribution in [1.29, 1.82) is 0 Å². The molecule has 0 aliphatic heterocycles. The van der Waals surface area contributed by atoms with Gasteiger partial charge in [-0.05, 0) is 48.0 Å². The quantitative estimate of drug-likeness (QED) is 0.471. The molecule has 2 aromatic heterocycles. The summed E-state index contributed by atoms with van der Waals surface area (Å²) in [5.74, 6) is 1.46. The zero-order chi connectivity index (χ0) is 18.9. The van der Waals surface area contributed by atoms with Crippen molar-refractivity contribution in [2.24, 2.45) is 7.05 Å². The van der Waals surface area contributed by atoms with Gasteiger partial charge in [-0.25, -0.2) is 9.97 Å². The van der Waals surface area contributed by atoms with E-state index >= 15 is 0 Å². The fourth-order valence-corrected chi connectivity index (χ4v) is 4.45. The Labute approximate surface area is 162 Å². The Morgan fingerprint density at radius 3 is 2.58 bits per heavy atom. The molecule has 0 fully saturated rings. The molecular formula is C17H16F3N3S3. The van der Waals surface area contributed by atoms with E-state index in [9.17, 15) is 13.2 Å². The molecule has 0 bridgehead atoms. The standard InChI is InChI=1S/C17H16F3N3S3/c1-4-25-14-8-10(26-17(18,19)20)5-6-12(14)15-22-13-7-11(24-3)9-21-16(13)23(15)2/h5-9H,4H2,1-3H3. The summed E-state index contributed by atoms with van der Waals surface area (Å²) in [6.07, 6.45) is 3.77. The molecule has 138 valence electrons. The van der Waals surface area contributed by atoms with Gasteiger partial charge in [-0.3, -0.25) is 0 Å². The van der Waals surface area contributed by atoms with Crippen LogP contribution in [-0.2, 0) is 7.05 Å². The zero-order valence-corrected chi connectivity index (χ0v) is 16.7. The molecule has 26 heavy (non-hydrogen) atoms. The number of benzene rings is 1. The highest BCUT2D eigenvalue weighted by atomic mass is 32.2. The molecule has 9 heteroatoms. The number of thioether (sulfide) groups is 3. The number of rotatable bonds is 5. The average molecular weight is 416 g/mol. The zero-order valence-electron chi connectivity index (χ0n) is 14.3. The summed E-state index contributed by atoms with van der Waals surface area (Å²) in [6, 6.07) is 6.76. The largest absolute Gasteiger partial charge is 0.446 e. The summed E-state index contributed by atoms with van der Waals surface area (Å²) in [5.41, 5.74) is -1.96. The van der Waals surface area contributed by atoms with Crippen LogP contribution in [0.1, 0.15) is 6.92 Å². The van der Waals surface area contributed by atoms with E-state index in [2.05, 4.69) is 9.97 Å². The minimum Gasteiger partial charge on any atom is -0.312 e. The first kappa shape index (κ1) is 19.4. The van der Waals surface area contributed by atoms with Crippen molar-refractivity contribution in [2.75, 3.05) is 12.0 Å². The van der Waals surface area contributed by atoms with E-state index in [-0.39, 0.29) is 16.7 Å². The van der Waals surface area contributed by atoms with Gasteiger partial charge in [-0.15, -0.1) is 23.5 Å². The maximum atomic E-state index is 12.7. The number of nitrogens with zero attached hydrogens (tertiary/aromatic N) is 3. The van der Waals surface area contributed by atoms with Gasteiger partial charge >= 0.3 is 5.51 Å². The first-order valence-corrected chi connectivity index (χ1v) is 10.7. The fraction of sp³-hybridized carbons (Fsp3) is 0.294. The average Bonchev–Trinajstić information content (AvgIpc) is 2.90. The first-order chi connectivity index (χ1) is 12.3. The summed E-state index contributed by atoms with van der Waals surface area (Å²) in [6.45, 7) is 1.97. The number of aryl methyl sites for hydroxylation is 1. The Bertz CT molecular complexity index is 938. The van der Waals surface area contributed by atoms with E-state index in [1.54, 1.807) is 30.1 Å². The Kier molecular flexibility index (Phi) is 5.78. The van der Waals surface area contributed by atoms with E-state index in [1.807, 2.05) is 30.9 Å². The van der Waals surface area contributed by atoms with Crippen LogP contribution in [0.15, 0.2) is 45.1 Å². The number of aromatic nitrogens is 3. The molecule has 0 saturated carbocycles. The summed E-state index contributed by atoms with van der Waals surface area (Å²) in [5, 5.41) is 0. The third-order valence-electron chi connectivity index (χ3n) is 3.65. The van der Waals surface area contributed by atoms with Crippen LogP contribution in [0.2, 0.25) is 0 Å². The van der Waals surface area contributed by atoms with E-state index in [4.69, 9.17) is 0 Å². The van der Waals surface area contributed by atoms with Gasteiger partial charge in [0.15, 0.2) is 5.65 Å². The molecule has 0 unspecified atom stereocenters. The lowest BCUT2D eigenvalue weighted by Crippen LogP contribution is -2.00. The molecule has 0 N–H and O–H groups in total. The second-order valence-electron chi connectivity index (χ2n) is 5.35. The Morgan fingerprint density at radius 1 is 1.15 bits per heavy atom. The molecule has 2 heterocycles. The summed E-state index contributed by atoms with van der Waals surface area (Å²) >= 11 is 3.00. The number of fused-ring (bicyclic) bond motifs is 1. The van der Waals surface area contributed by atoms with Crippen LogP contribution >= 0.6 is 35.3 Å². The predicted molar refractivity (Wildman–Crippen MR) is 104 cm³/mol. The van der Waals surface area contributed by atoms with Gasteiger partial charge < -0.3 is 4.57 Å². The predicted octanol–water partition coefficient (Wildman–Crippen LogP) is 6.08. The topological polar surface area (TPSA) is 30.7 Å². The van der Waals surface area contributed by atoms with Crippen LogP contribution < -0.4 is 0 Å². The van der Waals surface area contributed by atoms with Gasteiger partial charge in [0.2, 0.25) is 0 Å². The van der Waals surface area contributed by atoms with Crippen molar-refractivity contribution in [1.82, 2.24) is 14.5 Å². The molecule has 0 atom stereocenters. The van der Waals surface area contributed by atoms with Crippen LogP contribution in [0.25, 0.3) is 22.6 Å². The third kappa shape index (κ3) is 4.15. The van der Waals surface area contributed by atoms with Crippen LogP contribution in [-0.4, -0.2) is 32.1 Å². The van der Waals surface area contributed by atoms with E-state index in [1.165, 1.54) is 17.8 Å². The van der Waals surface area contributed by atoms with E-state index in [0.29, 0.717) is 5.82 Å². The van der Waals surface area contributed by atoms with E-state index < -0.39 is 5.51 Å². The molecule has 3 rings (SSSR count). The van der Waals surface area contributed by atoms with Crippen LogP contribution in [0.4, 0.5) is 13.2 Å². The molecular weight excluding hydrogens is 399 g/mol. The molecule has 0 aliphatic rings. The van der Waals surface area contributed by atoms with Crippen molar-refractivity contribution >= 4 is 46.4 Å². The molecule has 3 nitrogen and oxygen atoms in total. The Hall–Kier alpha value is -1.32. The minimum absolute atomic E-state index is 0.0968. The van der Waals surface area contributed by atoms with Crippen molar-refractivity contribution in [2.45, 2.75) is 27.1 Å². The summed E-state index contributed by atoms with van der Waals surface area (Å²) < 4.78 is 39.9. The monoisotopic (exact) mass is 415 g/mol. The van der Waals surface area contributed by atoms with Crippen molar-refractivity contribution in [3.63, 3.8) is 0 Å². The van der Waals surface area contributed by atoms with Gasteiger partial charge in [0.05, 0.1) is 0 Å². The maximum Gasteiger partial charge on any atom is 0.446 e. The molecule has 3 aromatic rings. The number of pyridine rings is 1. The smallest absolute Gasteiger partial charge is 0.312 e. The van der Waals surface area contributed by atoms with Crippen molar-refractivity contribution < 1.29 is 13.2 Å². The molecule has 1 aromatic carbocycles. The maximum absolute atomic E-state index is 12.7. The molecule has 0 saturated heterocycles. The lowest BCUT2D eigenvalue weighted by atomic mass is 10.2. The summed E-state index contributed by atoms with van der Waals surface area (Å²) in [7, 11) is 1.87. The second kappa shape index (κ2) is 7.74. The van der Waals surface area contributed by atoms with Gasteiger partial charge in [0, 0.05) is 33.5 Å².